The van der Waals surface area contributed by atoms with Crippen LogP contribution in [0.4, 0.5) is 0 Å². The minimum atomic E-state index is -0.720. The van der Waals surface area contributed by atoms with Crippen LogP contribution in [0.5, 0.6) is 0 Å². The molecule has 4 rings (SSSR count). The highest BCUT2D eigenvalue weighted by Crippen LogP contribution is 2.60. The predicted octanol–water partition coefficient (Wildman–Crippen LogP) is 0.924. The lowest BCUT2D eigenvalue weighted by Crippen LogP contribution is -2.48. The molecule has 1 aliphatic heterocycles. The van der Waals surface area contributed by atoms with E-state index in [0.717, 1.165) is 11.4 Å². The van der Waals surface area contributed by atoms with E-state index >= 15 is 0 Å². The van der Waals surface area contributed by atoms with Crippen molar-refractivity contribution in [3.63, 3.8) is 0 Å². The molecule has 4 atom stereocenters. The average molecular weight is 297 g/mol. The number of nitrogens with zero attached hydrogens (tertiary/aromatic N) is 2. The molecule has 0 radical (unpaired) electrons. The minimum absolute atomic E-state index is 0.0850. The Balaban J connectivity index is 1.61. The van der Waals surface area contributed by atoms with Gasteiger partial charge in [-0.3, -0.25) is 24.8 Å². The maximum absolute atomic E-state index is 12.7. The summed E-state index contributed by atoms with van der Waals surface area (Å²) in [6, 6.07) is 3.07. The molecular weight excluding hydrogens is 282 g/mol. The SMILES string of the molecule is C[C@]12C(=O)N(NC(=O)c3ccncc3)C(=O)[C@H]1[C@H]1C=C[C@H]2C1. The van der Waals surface area contributed by atoms with Gasteiger partial charge in [0.25, 0.3) is 17.7 Å². The van der Waals surface area contributed by atoms with Crippen molar-refractivity contribution in [2.45, 2.75) is 13.3 Å². The van der Waals surface area contributed by atoms with Gasteiger partial charge in [0, 0.05) is 18.0 Å². The number of hydrogen-bond donors (Lipinski definition) is 1. The molecule has 6 nitrogen and oxygen atoms in total. The Labute approximate surface area is 127 Å². The van der Waals surface area contributed by atoms with Crippen LogP contribution in [0, 0.1) is 23.2 Å². The van der Waals surface area contributed by atoms with Gasteiger partial charge in [-0.15, -0.1) is 0 Å². The van der Waals surface area contributed by atoms with E-state index in [4.69, 9.17) is 0 Å². The van der Waals surface area contributed by atoms with Crippen molar-refractivity contribution < 1.29 is 14.4 Å². The highest BCUT2D eigenvalue weighted by Gasteiger charge is 2.67. The van der Waals surface area contributed by atoms with Gasteiger partial charge in [0.1, 0.15) is 0 Å². The van der Waals surface area contributed by atoms with Crippen molar-refractivity contribution in [3.8, 4) is 0 Å². The molecule has 1 saturated heterocycles. The zero-order valence-electron chi connectivity index (χ0n) is 12.0. The van der Waals surface area contributed by atoms with E-state index in [0.29, 0.717) is 5.56 Å². The Morgan fingerprint density at radius 3 is 2.73 bits per heavy atom. The van der Waals surface area contributed by atoms with Crippen molar-refractivity contribution in [1.82, 2.24) is 15.4 Å². The summed E-state index contributed by atoms with van der Waals surface area (Å²) >= 11 is 0. The lowest BCUT2D eigenvalue weighted by Gasteiger charge is -2.28. The maximum Gasteiger partial charge on any atom is 0.270 e. The van der Waals surface area contributed by atoms with E-state index in [1.54, 1.807) is 0 Å². The Morgan fingerprint density at radius 1 is 1.32 bits per heavy atom. The molecule has 0 spiro atoms. The fourth-order valence-corrected chi connectivity index (χ4v) is 4.08. The molecule has 1 N–H and O–H groups in total. The molecule has 1 aromatic heterocycles. The number of fused-ring (bicyclic) bond motifs is 5. The van der Waals surface area contributed by atoms with Crippen molar-refractivity contribution >= 4 is 17.7 Å². The molecule has 112 valence electrons. The lowest BCUT2D eigenvalue weighted by atomic mass is 9.71. The summed E-state index contributed by atoms with van der Waals surface area (Å²) in [7, 11) is 0. The number of allylic oxidation sites excluding steroid dienone is 2. The van der Waals surface area contributed by atoms with Crippen LogP contribution in [-0.2, 0) is 9.59 Å². The zero-order chi connectivity index (χ0) is 15.5. The van der Waals surface area contributed by atoms with Gasteiger partial charge in [-0.05, 0) is 37.3 Å². The van der Waals surface area contributed by atoms with E-state index in [1.807, 2.05) is 19.1 Å². The van der Waals surface area contributed by atoms with Crippen LogP contribution in [0.1, 0.15) is 23.7 Å². The molecule has 2 fully saturated rings. The Morgan fingerprint density at radius 2 is 2.05 bits per heavy atom. The van der Waals surface area contributed by atoms with Gasteiger partial charge in [0.15, 0.2) is 0 Å². The van der Waals surface area contributed by atoms with E-state index in [9.17, 15) is 14.4 Å². The van der Waals surface area contributed by atoms with Gasteiger partial charge in [-0.1, -0.05) is 12.2 Å². The molecule has 0 unspecified atom stereocenters. The van der Waals surface area contributed by atoms with E-state index in [-0.39, 0.29) is 29.6 Å². The molecule has 22 heavy (non-hydrogen) atoms. The number of rotatable bonds is 2. The first-order valence-electron chi connectivity index (χ1n) is 7.31. The van der Waals surface area contributed by atoms with Crippen molar-refractivity contribution in [2.75, 3.05) is 0 Å². The standard InChI is InChI=1S/C16H15N3O3/c1-16-11-3-2-10(8-11)12(16)14(21)19(15(16)22)18-13(20)9-4-6-17-7-5-9/h2-7,10-12H,8H2,1H3,(H,18,20)/t10-,11-,12+,16+/m0/s1. The normalized spacial score (nSPS) is 35.1. The number of imide groups is 1. The summed E-state index contributed by atoms with van der Waals surface area (Å²) in [5.74, 6) is -1.25. The Bertz CT molecular complexity index is 715. The molecule has 2 heterocycles. The van der Waals surface area contributed by atoms with Gasteiger partial charge < -0.3 is 0 Å². The number of pyridine rings is 1. The summed E-state index contributed by atoms with van der Waals surface area (Å²) in [6.07, 6.45) is 7.88. The van der Waals surface area contributed by atoms with Gasteiger partial charge in [-0.25, -0.2) is 0 Å². The molecule has 3 amide bonds. The van der Waals surface area contributed by atoms with Crippen LogP contribution in [0.25, 0.3) is 0 Å². The fraction of sp³-hybridized carbons (Fsp3) is 0.375. The van der Waals surface area contributed by atoms with Crippen LogP contribution in [0.2, 0.25) is 0 Å². The van der Waals surface area contributed by atoms with Gasteiger partial charge in [0.2, 0.25) is 0 Å². The average Bonchev–Trinajstić information content (AvgIpc) is 3.16. The summed E-state index contributed by atoms with van der Waals surface area (Å²) in [5.41, 5.74) is 2.10. The largest absolute Gasteiger partial charge is 0.272 e. The molecule has 1 saturated carbocycles. The number of nitrogens with one attached hydrogen (secondary N) is 1. The van der Waals surface area contributed by atoms with Crippen molar-refractivity contribution in [2.24, 2.45) is 23.2 Å². The minimum Gasteiger partial charge on any atom is -0.272 e. The quantitative estimate of drug-likeness (QED) is 0.650. The molecule has 3 aliphatic rings. The van der Waals surface area contributed by atoms with Crippen LogP contribution >= 0.6 is 0 Å². The summed E-state index contributed by atoms with van der Waals surface area (Å²) in [6.45, 7) is 1.84. The van der Waals surface area contributed by atoms with Gasteiger partial charge >= 0.3 is 0 Å². The number of hydrogen-bond acceptors (Lipinski definition) is 4. The molecule has 0 aromatic carbocycles. The number of carbonyl (C=O) groups excluding carboxylic acids is 3. The molecule has 2 aliphatic carbocycles. The van der Waals surface area contributed by atoms with Crippen LogP contribution in [-0.4, -0.2) is 27.7 Å². The van der Waals surface area contributed by atoms with Crippen molar-refractivity contribution in [3.05, 3.63) is 42.2 Å². The second-order valence-corrected chi connectivity index (χ2v) is 6.31. The molecular formula is C16H15N3O3. The summed E-state index contributed by atoms with van der Waals surface area (Å²) < 4.78 is 0. The highest BCUT2D eigenvalue weighted by molar-refractivity contribution is 6.10. The highest BCUT2D eigenvalue weighted by atomic mass is 16.2. The number of hydrazine groups is 1. The molecule has 2 bridgehead atoms. The maximum atomic E-state index is 12.7. The topological polar surface area (TPSA) is 79.4 Å². The van der Waals surface area contributed by atoms with Gasteiger partial charge in [0.05, 0.1) is 11.3 Å². The van der Waals surface area contributed by atoms with Crippen LogP contribution in [0.15, 0.2) is 36.7 Å². The third-order valence-electron chi connectivity index (χ3n) is 5.27. The Hall–Kier alpha value is -2.50. The van der Waals surface area contributed by atoms with E-state index < -0.39 is 11.3 Å². The zero-order valence-corrected chi connectivity index (χ0v) is 12.0. The third kappa shape index (κ3) is 1.49. The van der Waals surface area contributed by atoms with Crippen molar-refractivity contribution in [1.29, 1.82) is 0 Å². The van der Waals surface area contributed by atoms with Gasteiger partial charge in [-0.2, -0.15) is 5.01 Å². The molecule has 6 heteroatoms. The predicted molar refractivity (Wildman–Crippen MR) is 75.9 cm³/mol. The monoisotopic (exact) mass is 297 g/mol. The number of aromatic nitrogens is 1. The van der Waals surface area contributed by atoms with E-state index in [2.05, 4.69) is 10.4 Å². The third-order valence-corrected chi connectivity index (χ3v) is 5.27. The number of amides is 3. The Kier molecular flexibility index (Phi) is 2.55. The van der Waals surface area contributed by atoms with Crippen LogP contribution in [0.3, 0.4) is 0 Å². The smallest absolute Gasteiger partial charge is 0.270 e. The summed E-state index contributed by atoms with van der Waals surface area (Å²) in [4.78, 5) is 41.4. The second kappa shape index (κ2) is 4.25. The first-order valence-corrected chi connectivity index (χ1v) is 7.31. The lowest BCUT2D eigenvalue weighted by molar-refractivity contribution is -0.145. The summed E-state index contributed by atoms with van der Waals surface area (Å²) in [5, 5.41) is 0.916. The fourth-order valence-electron chi connectivity index (χ4n) is 4.08. The van der Waals surface area contributed by atoms with Crippen LogP contribution < -0.4 is 5.43 Å². The first-order chi connectivity index (χ1) is 10.5. The molecule has 1 aromatic rings. The van der Waals surface area contributed by atoms with E-state index in [1.165, 1.54) is 24.5 Å². The first kappa shape index (κ1) is 13.2. The number of carbonyl (C=O) groups is 3. The second-order valence-electron chi connectivity index (χ2n) is 6.31.